The molecule has 0 amide bonds. The molecule has 0 aliphatic rings. The molecule has 0 saturated carbocycles. The van der Waals surface area contributed by atoms with Crippen LogP contribution in [0, 0.1) is 0 Å². The normalized spacial score (nSPS) is 11.1. The summed E-state index contributed by atoms with van der Waals surface area (Å²) in [6.45, 7) is 4.28. The first-order valence-electron chi connectivity index (χ1n) is 6.30. The molecule has 0 fully saturated rings. The van der Waals surface area contributed by atoms with Crippen molar-refractivity contribution in [2.45, 2.75) is 32.3 Å². The van der Waals surface area contributed by atoms with E-state index in [0.717, 1.165) is 6.16 Å². The molecule has 18 heavy (non-hydrogen) atoms. The van der Waals surface area contributed by atoms with E-state index in [1.165, 1.54) is 0 Å². The van der Waals surface area contributed by atoms with Crippen molar-refractivity contribution in [3.05, 3.63) is 30.3 Å². The van der Waals surface area contributed by atoms with Crippen LogP contribution in [0.5, 0.6) is 5.75 Å². The Balaban J connectivity index is 2.82. The van der Waals surface area contributed by atoms with E-state index in [1.54, 1.807) is 0 Å². The fraction of sp³-hybridized carbons (Fsp3) is 0.500. The van der Waals surface area contributed by atoms with E-state index in [1.807, 2.05) is 44.2 Å². The highest BCUT2D eigenvalue weighted by Crippen LogP contribution is 2.26. The van der Waals surface area contributed by atoms with Crippen molar-refractivity contribution in [3.8, 4) is 5.75 Å². The van der Waals surface area contributed by atoms with Gasteiger partial charge in [-0.05, 0) is 31.1 Å². The van der Waals surface area contributed by atoms with Crippen molar-refractivity contribution in [2.24, 2.45) is 0 Å². The second-order valence-corrected chi connectivity index (χ2v) is 4.62. The molecule has 1 atom stereocenters. The molecule has 1 rings (SSSR count). The minimum atomic E-state index is -0.874. The van der Waals surface area contributed by atoms with E-state index in [0.29, 0.717) is 25.2 Å². The van der Waals surface area contributed by atoms with Gasteiger partial charge in [0.2, 0.25) is 5.60 Å². The van der Waals surface area contributed by atoms with Gasteiger partial charge in [0, 0.05) is 0 Å². The molecular weight excluding hydrogens is 247 g/mol. The fourth-order valence-electron chi connectivity index (χ4n) is 1.72. The lowest BCUT2D eigenvalue weighted by Crippen LogP contribution is -2.45. The lowest BCUT2D eigenvalue weighted by molar-refractivity contribution is -0.162. The van der Waals surface area contributed by atoms with Crippen LogP contribution in [0.3, 0.4) is 0 Å². The lowest BCUT2D eigenvalue weighted by Gasteiger charge is -2.30. The summed E-state index contributed by atoms with van der Waals surface area (Å²) in [5.41, 5.74) is -0.874. The predicted molar refractivity (Wildman–Crippen MR) is 75.9 cm³/mol. The molecular formula is C14H21O3P. The fourth-order valence-corrected chi connectivity index (χ4v) is 1.84. The number of benzene rings is 1. The molecule has 1 aromatic carbocycles. The van der Waals surface area contributed by atoms with Crippen molar-refractivity contribution in [1.82, 2.24) is 0 Å². The molecule has 0 aromatic heterocycles. The minimum absolute atomic E-state index is 0.279. The highest BCUT2D eigenvalue weighted by atomic mass is 31.0. The first-order valence-corrected chi connectivity index (χ1v) is 7.11. The minimum Gasteiger partial charge on any atom is -0.476 e. The first-order chi connectivity index (χ1) is 8.68. The second-order valence-electron chi connectivity index (χ2n) is 4.04. The summed E-state index contributed by atoms with van der Waals surface area (Å²) < 4.78 is 11.1. The molecule has 0 bridgehead atoms. The van der Waals surface area contributed by atoms with Crippen molar-refractivity contribution < 1.29 is 14.3 Å². The topological polar surface area (TPSA) is 35.5 Å². The summed E-state index contributed by atoms with van der Waals surface area (Å²) in [5.74, 6) is 0.419. The van der Waals surface area contributed by atoms with Crippen LogP contribution in [0.1, 0.15) is 26.7 Å². The number of para-hydroxylation sites is 1. The van der Waals surface area contributed by atoms with Gasteiger partial charge in [-0.2, -0.15) is 0 Å². The summed E-state index contributed by atoms with van der Waals surface area (Å²) in [7, 11) is 2.54. The molecule has 0 radical (unpaired) electrons. The van der Waals surface area contributed by atoms with Crippen molar-refractivity contribution in [1.29, 1.82) is 0 Å². The molecule has 0 saturated heterocycles. The average Bonchev–Trinajstić information content (AvgIpc) is 2.43. The molecule has 0 spiro atoms. The van der Waals surface area contributed by atoms with Crippen molar-refractivity contribution in [2.75, 3.05) is 12.8 Å². The highest BCUT2D eigenvalue weighted by Gasteiger charge is 2.39. The predicted octanol–water partition coefficient (Wildman–Crippen LogP) is 3.04. The van der Waals surface area contributed by atoms with E-state index >= 15 is 0 Å². The van der Waals surface area contributed by atoms with E-state index in [-0.39, 0.29) is 5.97 Å². The summed E-state index contributed by atoms with van der Waals surface area (Å²) in [6, 6.07) is 9.39. The zero-order chi connectivity index (χ0) is 13.4. The van der Waals surface area contributed by atoms with E-state index in [4.69, 9.17) is 9.47 Å². The second kappa shape index (κ2) is 7.38. The number of esters is 1. The van der Waals surface area contributed by atoms with Gasteiger partial charge in [0.05, 0.1) is 6.61 Å². The molecule has 100 valence electrons. The molecule has 1 unspecified atom stereocenters. The van der Waals surface area contributed by atoms with Crippen LogP contribution in [0.4, 0.5) is 0 Å². The monoisotopic (exact) mass is 268 g/mol. The van der Waals surface area contributed by atoms with Crippen LogP contribution in [-0.4, -0.2) is 24.3 Å². The molecule has 1 aromatic rings. The molecule has 0 aliphatic carbocycles. The smallest absolute Gasteiger partial charge is 0.350 e. The van der Waals surface area contributed by atoms with Crippen LogP contribution < -0.4 is 4.74 Å². The van der Waals surface area contributed by atoms with E-state index in [2.05, 4.69) is 9.24 Å². The van der Waals surface area contributed by atoms with Gasteiger partial charge < -0.3 is 9.47 Å². The van der Waals surface area contributed by atoms with Gasteiger partial charge in [-0.15, -0.1) is 9.24 Å². The zero-order valence-electron chi connectivity index (χ0n) is 11.0. The van der Waals surface area contributed by atoms with E-state index < -0.39 is 5.60 Å². The number of rotatable bonds is 7. The molecule has 0 aliphatic heterocycles. The van der Waals surface area contributed by atoms with Crippen molar-refractivity contribution in [3.63, 3.8) is 0 Å². The van der Waals surface area contributed by atoms with Gasteiger partial charge in [0.1, 0.15) is 5.75 Å². The molecule has 3 nitrogen and oxygen atoms in total. The highest BCUT2D eigenvalue weighted by molar-refractivity contribution is 7.16. The third-order valence-electron chi connectivity index (χ3n) is 2.92. The van der Waals surface area contributed by atoms with Gasteiger partial charge in [-0.3, -0.25) is 0 Å². The largest absolute Gasteiger partial charge is 0.476 e. The summed E-state index contributed by atoms with van der Waals surface area (Å²) in [4.78, 5) is 12.1. The Kier molecular flexibility index (Phi) is 6.14. The summed E-state index contributed by atoms with van der Waals surface area (Å²) in [5, 5.41) is 0. The maximum Gasteiger partial charge on any atom is 0.350 e. The Hall–Kier alpha value is -1.08. The Labute approximate surface area is 111 Å². The zero-order valence-corrected chi connectivity index (χ0v) is 12.2. The third kappa shape index (κ3) is 3.71. The van der Waals surface area contributed by atoms with Crippen LogP contribution in [0.2, 0.25) is 0 Å². The number of hydrogen-bond acceptors (Lipinski definition) is 3. The van der Waals surface area contributed by atoms with Crippen LogP contribution >= 0.6 is 9.24 Å². The molecule has 0 N–H and O–H groups in total. The Morgan fingerprint density at radius 3 is 2.33 bits per heavy atom. The quantitative estimate of drug-likeness (QED) is 0.563. The number of carbonyl (C=O) groups excluding carboxylic acids is 1. The van der Waals surface area contributed by atoms with Crippen molar-refractivity contribution >= 4 is 15.2 Å². The lowest BCUT2D eigenvalue weighted by atomic mass is 9.97. The van der Waals surface area contributed by atoms with Gasteiger partial charge in [-0.25, -0.2) is 4.79 Å². The maximum absolute atomic E-state index is 12.1. The third-order valence-corrected chi connectivity index (χ3v) is 3.16. The van der Waals surface area contributed by atoms with E-state index in [9.17, 15) is 4.79 Å². The Morgan fingerprint density at radius 2 is 1.83 bits per heavy atom. The SMILES string of the molecule is CCC(CC)(Oc1ccccc1)C(=O)OCCP. The summed E-state index contributed by atoms with van der Waals surface area (Å²) in [6.07, 6.45) is 1.92. The number of hydrogen-bond donors (Lipinski definition) is 0. The number of carbonyl (C=O) groups is 1. The van der Waals surface area contributed by atoms with Gasteiger partial charge in [-0.1, -0.05) is 32.0 Å². The maximum atomic E-state index is 12.1. The van der Waals surface area contributed by atoms with Gasteiger partial charge in [0.15, 0.2) is 0 Å². The standard InChI is InChI=1S/C14H21O3P/c1-3-14(4-2,13(15)16-10-11-18)17-12-8-6-5-7-9-12/h5-9H,3-4,10-11,18H2,1-2H3. The average molecular weight is 268 g/mol. The molecule has 0 heterocycles. The van der Waals surface area contributed by atoms with Crippen LogP contribution in [-0.2, 0) is 9.53 Å². The summed E-state index contributed by atoms with van der Waals surface area (Å²) >= 11 is 0. The Morgan fingerprint density at radius 1 is 1.22 bits per heavy atom. The first kappa shape index (κ1) is 15.0. The van der Waals surface area contributed by atoms with Crippen LogP contribution in [0.25, 0.3) is 0 Å². The van der Waals surface area contributed by atoms with Gasteiger partial charge >= 0.3 is 5.97 Å². The Bertz CT molecular complexity index is 361. The van der Waals surface area contributed by atoms with Gasteiger partial charge in [0.25, 0.3) is 0 Å². The van der Waals surface area contributed by atoms with Crippen LogP contribution in [0.15, 0.2) is 30.3 Å². The molecule has 4 heteroatoms. The number of ether oxygens (including phenoxy) is 2.